The summed E-state index contributed by atoms with van der Waals surface area (Å²) in [5.74, 6) is 0.923. The van der Waals surface area contributed by atoms with Crippen LogP contribution in [0.15, 0.2) is 78.3 Å². The number of fused-ring (bicyclic) bond motifs is 3. The van der Waals surface area contributed by atoms with E-state index in [-0.39, 0.29) is 0 Å². The van der Waals surface area contributed by atoms with Crippen molar-refractivity contribution in [3.8, 4) is 28.3 Å². The number of piperidine rings is 1. The van der Waals surface area contributed by atoms with Crippen molar-refractivity contribution in [1.82, 2.24) is 29.3 Å². The summed E-state index contributed by atoms with van der Waals surface area (Å²) in [6, 6.07) is 18.0. The molecule has 0 radical (unpaired) electrons. The molecule has 8 rings (SSSR count). The number of alkyl halides is 2. The first kappa shape index (κ1) is 25.7. The number of thioether (sulfide) groups is 1. The molecule has 0 saturated carbocycles. The molecule has 5 aromatic rings. The van der Waals surface area contributed by atoms with Gasteiger partial charge in [-0.15, -0.1) is 11.8 Å². The van der Waals surface area contributed by atoms with E-state index in [0.29, 0.717) is 39.0 Å². The number of benzene rings is 1. The number of hydrogen-bond acceptors (Lipinski definition) is 7. The van der Waals surface area contributed by atoms with E-state index >= 15 is 0 Å². The standard InChI is InChI=1S/C30H26F2N8S/c1-41-26-5-2-19(3-6-26)14-38-24-9-25(38)18-37(17-24)28-7-4-20(11-34-28)27-8-21(23-13-36-40(16-23)30(31)32)15-39-29(27)22(10-33)12-35-39/h2-8,11-13,15-16,24-25,30H,9,14,17-18H2,1H3. The molecule has 0 spiro atoms. The Hall–Kier alpha value is -4.27. The Morgan fingerprint density at radius 2 is 1.78 bits per heavy atom. The van der Waals surface area contributed by atoms with Gasteiger partial charge >= 0.3 is 6.55 Å². The molecule has 2 bridgehead atoms. The molecule has 0 amide bonds. The van der Waals surface area contributed by atoms with E-state index in [0.717, 1.165) is 36.6 Å². The maximum absolute atomic E-state index is 13.1. The highest BCUT2D eigenvalue weighted by molar-refractivity contribution is 7.98. The lowest BCUT2D eigenvalue weighted by Crippen LogP contribution is -2.68. The van der Waals surface area contributed by atoms with Crippen LogP contribution in [-0.4, -0.2) is 60.7 Å². The summed E-state index contributed by atoms with van der Waals surface area (Å²) >= 11 is 1.76. The minimum absolute atomic E-state index is 0.429. The molecule has 4 aromatic heterocycles. The Balaban J connectivity index is 1.13. The number of piperazine rings is 1. The lowest BCUT2D eigenvalue weighted by molar-refractivity contribution is -0.00869. The van der Waals surface area contributed by atoms with Gasteiger partial charge in [0.2, 0.25) is 0 Å². The Morgan fingerprint density at radius 3 is 2.44 bits per heavy atom. The van der Waals surface area contributed by atoms with Crippen LogP contribution < -0.4 is 4.90 Å². The van der Waals surface area contributed by atoms with Gasteiger partial charge in [-0.3, -0.25) is 4.90 Å². The molecule has 11 heteroatoms. The van der Waals surface area contributed by atoms with E-state index in [2.05, 4.69) is 56.6 Å². The van der Waals surface area contributed by atoms with Crippen LogP contribution in [-0.2, 0) is 6.54 Å². The number of aromatic nitrogens is 5. The molecule has 1 aromatic carbocycles. The third kappa shape index (κ3) is 4.63. The molecule has 3 aliphatic rings. The van der Waals surface area contributed by atoms with Gasteiger partial charge in [0, 0.05) is 77.5 Å². The van der Waals surface area contributed by atoms with E-state index in [1.165, 1.54) is 35.5 Å². The number of pyridine rings is 2. The zero-order valence-corrected chi connectivity index (χ0v) is 23.0. The molecule has 206 valence electrons. The van der Waals surface area contributed by atoms with Gasteiger partial charge < -0.3 is 4.90 Å². The Labute approximate surface area is 239 Å². The molecule has 0 aliphatic carbocycles. The number of nitriles is 1. The largest absolute Gasteiger partial charge is 0.353 e. The molecular weight excluding hydrogens is 542 g/mol. The summed E-state index contributed by atoms with van der Waals surface area (Å²) in [5.41, 5.74) is 5.18. The SMILES string of the molecule is CSc1ccc(CN2C3CC2CN(c2ccc(-c4cc(-c5cnn(C(F)F)c5)cn5ncc(C#N)c45)cn2)C3)cc1. The van der Waals surface area contributed by atoms with Gasteiger partial charge in [0.25, 0.3) is 0 Å². The quantitative estimate of drug-likeness (QED) is 0.233. The van der Waals surface area contributed by atoms with E-state index in [1.807, 2.05) is 24.4 Å². The molecular formula is C30H26F2N8S. The summed E-state index contributed by atoms with van der Waals surface area (Å²) in [4.78, 5) is 11.0. The smallest absolute Gasteiger partial charge is 0.333 e. The number of halogens is 2. The van der Waals surface area contributed by atoms with Gasteiger partial charge in [-0.25, -0.2) is 14.2 Å². The van der Waals surface area contributed by atoms with Crippen molar-refractivity contribution in [2.75, 3.05) is 24.2 Å². The van der Waals surface area contributed by atoms with Gasteiger partial charge in [-0.1, -0.05) is 12.1 Å². The molecule has 3 aliphatic heterocycles. The van der Waals surface area contributed by atoms with Crippen molar-refractivity contribution in [3.63, 3.8) is 0 Å². The third-order valence-corrected chi connectivity index (χ3v) is 8.86. The highest BCUT2D eigenvalue weighted by Crippen LogP contribution is 2.37. The minimum atomic E-state index is -2.72. The van der Waals surface area contributed by atoms with Crippen LogP contribution in [0.3, 0.4) is 0 Å². The van der Waals surface area contributed by atoms with E-state index < -0.39 is 6.55 Å². The topological polar surface area (TPSA) is 78.3 Å². The average Bonchev–Trinajstić information content (AvgIpc) is 3.68. The summed E-state index contributed by atoms with van der Waals surface area (Å²) < 4.78 is 28.5. The van der Waals surface area contributed by atoms with Crippen LogP contribution in [0, 0.1) is 11.3 Å². The van der Waals surface area contributed by atoms with Crippen LogP contribution in [0.25, 0.3) is 27.8 Å². The molecule has 0 N–H and O–H groups in total. The summed E-state index contributed by atoms with van der Waals surface area (Å²) in [6.45, 7) is 0.110. The van der Waals surface area contributed by atoms with Gasteiger partial charge in [-0.2, -0.15) is 24.2 Å². The molecule has 3 saturated heterocycles. The van der Waals surface area contributed by atoms with Crippen molar-refractivity contribution < 1.29 is 8.78 Å². The van der Waals surface area contributed by atoms with Crippen molar-refractivity contribution in [3.05, 3.63) is 84.6 Å². The number of anilines is 1. The zero-order chi connectivity index (χ0) is 28.1. The molecule has 8 nitrogen and oxygen atoms in total. The number of rotatable bonds is 7. The lowest BCUT2D eigenvalue weighted by atomic mass is 9.86. The van der Waals surface area contributed by atoms with Crippen molar-refractivity contribution >= 4 is 23.1 Å². The Morgan fingerprint density at radius 1 is 0.976 bits per heavy atom. The summed E-state index contributed by atoms with van der Waals surface area (Å²) in [5, 5.41) is 17.8. The Bertz CT molecular complexity index is 1740. The molecule has 3 fully saturated rings. The lowest BCUT2D eigenvalue weighted by Gasteiger charge is -2.56. The number of nitrogens with zero attached hydrogens (tertiary/aromatic N) is 8. The first-order chi connectivity index (χ1) is 20.0. The monoisotopic (exact) mass is 568 g/mol. The maximum Gasteiger partial charge on any atom is 0.333 e. The Kier molecular flexibility index (Phi) is 6.44. The average molecular weight is 569 g/mol. The normalized spacial score (nSPS) is 18.6. The van der Waals surface area contributed by atoms with Crippen LogP contribution in [0.1, 0.15) is 24.1 Å². The highest BCUT2D eigenvalue weighted by atomic mass is 32.2. The first-order valence-electron chi connectivity index (χ1n) is 13.3. The highest BCUT2D eigenvalue weighted by Gasteiger charge is 2.44. The second-order valence-electron chi connectivity index (χ2n) is 10.5. The second-order valence-corrected chi connectivity index (χ2v) is 11.3. The van der Waals surface area contributed by atoms with E-state index in [9.17, 15) is 14.0 Å². The maximum atomic E-state index is 13.1. The fourth-order valence-corrected chi connectivity index (χ4v) is 6.39. The minimum Gasteiger partial charge on any atom is -0.353 e. The predicted octanol–water partition coefficient (Wildman–Crippen LogP) is 5.71. The van der Waals surface area contributed by atoms with Crippen molar-refractivity contribution in [2.45, 2.75) is 36.5 Å². The predicted molar refractivity (Wildman–Crippen MR) is 154 cm³/mol. The van der Waals surface area contributed by atoms with Crippen LogP contribution in [0.5, 0.6) is 0 Å². The molecule has 2 atom stereocenters. The fraction of sp³-hybridized carbons (Fsp3) is 0.267. The first-order valence-corrected chi connectivity index (χ1v) is 14.6. The summed E-state index contributed by atoms with van der Waals surface area (Å²) in [7, 11) is 0. The van der Waals surface area contributed by atoms with Crippen LogP contribution in [0.2, 0.25) is 0 Å². The van der Waals surface area contributed by atoms with Gasteiger partial charge in [0.05, 0.1) is 23.5 Å². The molecule has 2 unspecified atom stereocenters. The summed E-state index contributed by atoms with van der Waals surface area (Å²) in [6.07, 6.45) is 11.1. The van der Waals surface area contributed by atoms with Crippen molar-refractivity contribution in [1.29, 1.82) is 5.26 Å². The van der Waals surface area contributed by atoms with Gasteiger partial charge in [0.1, 0.15) is 11.9 Å². The van der Waals surface area contributed by atoms with E-state index in [1.54, 1.807) is 22.5 Å². The molecule has 7 heterocycles. The van der Waals surface area contributed by atoms with E-state index in [4.69, 9.17) is 4.98 Å². The van der Waals surface area contributed by atoms with Gasteiger partial charge in [-0.05, 0) is 48.6 Å². The zero-order valence-electron chi connectivity index (χ0n) is 22.2. The van der Waals surface area contributed by atoms with Crippen LogP contribution >= 0.6 is 11.8 Å². The molecule has 41 heavy (non-hydrogen) atoms. The second kappa shape index (κ2) is 10.3. The van der Waals surface area contributed by atoms with Crippen molar-refractivity contribution in [2.24, 2.45) is 0 Å². The number of hydrogen-bond donors (Lipinski definition) is 0. The third-order valence-electron chi connectivity index (χ3n) is 8.12. The van der Waals surface area contributed by atoms with Crippen LogP contribution in [0.4, 0.5) is 14.6 Å². The van der Waals surface area contributed by atoms with Gasteiger partial charge in [0.15, 0.2) is 0 Å². The fourth-order valence-electron chi connectivity index (χ4n) is 5.98.